The van der Waals surface area contributed by atoms with Crippen LogP contribution in [0.2, 0.25) is 0 Å². The third-order valence-corrected chi connectivity index (χ3v) is 3.67. The Kier molecular flexibility index (Phi) is 3.51. The van der Waals surface area contributed by atoms with Gasteiger partial charge in [0, 0.05) is 18.0 Å². The fraction of sp³-hybridized carbons (Fsp3) is 0.250. The summed E-state index contributed by atoms with van der Waals surface area (Å²) in [5, 5.41) is 0. The lowest BCUT2D eigenvalue weighted by Crippen LogP contribution is -2.24. The molecule has 1 aliphatic heterocycles. The van der Waals surface area contributed by atoms with Crippen molar-refractivity contribution in [2.75, 3.05) is 7.11 Å². The van der Waals surface area contributed by atoms with Crippen molar-refractivity contribution in [3.63, 3.8) is 0 Å². The molecule has 110 valence electrons. The molecule has 2 N–H and O–H groups in total. The molecule has 0 radical (unpaired) electrons. The van der Waals surface area contributed by atoms with Gasteiger partial charge in [0.1, 0.15) is 17.6 Å². The fourth-order valence-corrected chi connectivity index (χ4v) is 2.53. The van der Waals surface area contributed by atoms with Crippen molar-refractivity contribution in [1.82, 2.24) is 0 Å². The van der Waals surface area contributed by atoms with Crippen molar-refractivity contribution in [2.24, 2.45) is 5.73 Å². The second-order valence-electron chi connectivity index (χ2n) is 5.03. The molecule has 0 spiro atoms. The molecule has 3 nitrogen and oxygen atoms in total. The van der Waals surface area contributed by atoms with Crippen molar-refractivity contribution in [1.29, 1.82) is 0 Å². The number of ether oxygens (including phenoxy) is 2. The average Bonchev–Trinajstić information content (AvgIpc) is 2.49. The largest absolute Gasteiger partial charge is 0.497 e. The number of hydrogen-bond acceptors (Lipinski definition) is 3. The first kappa shape index (κ1) is 13.8. The van der Waals surface area contributed by atoms with Gasteiger partial charge in [-0.2, -0.15) is 0 Å². The highest BCUT2D eigenvalue weighted by molar-refractivity contribution is 5.44. The smallest absolute Gasteiger partial charge is 0.159 e. The summed E-state index contributed by atoms with van der Waals surface area (Å²) in [4.78, 5) is 0. The molecule has 2 unspecified atom stereocenters. The zero-order valence-corrected chi connectivity index (χ0v) is 11.5. The first-order chi connectivity index (χ1) is 10.1. The Hall–Kier alpha value is -2.14. The molecule has 21 heavy (non-hydrogen) atoms. The van der Waals surface area contributed by atoms with Gasteiger partial charge in [-0.1, -0.05) is 6.07 Å². The Labute approximate surface area is 121 Å². The standard InChI is InChI=1S/C16H15F2NO2/c1-20-10-3-5-15-11(7-10)14(19)8-16(21-15)9-2-4-12(17)13(18)6-9/h2-7,14,16H,8,19H2,1H3. The van der Waals surface area contributed by atoms with E-state index in [1.54, 1.807) is 19.2 Å². The molecule has 1 heterocycles. The molecule has 2 aromatic rings. The normalized spacial score (nSPS) is 20.6. The van der Waals surface area contributed by atoms with Crippen LogP contribution in [0.15, 0.2) is 36.4 Å². The molecule has 0 bridgehead atoms. The molecular formula is C16H15F2NO2. The van der Waals surface area contributed by atoms with Gasteiger partial charge in [-0.25, -0.2) is 8.78 Å². The van der Waals surface area contributed by atoms with Gasteiger partial charge in [-0.3, -0.25) is 0 Å². The fourth-order valence-electron chi connectivity index (χ4n) is 2.53. The second-order valence-corrected chi connectivity index (χ2v) is 5.03. The summed E-state index contributed by atoms with van der Waals surface area (Å²) in [5.74, 6) is -0.405. The summed E-state index contributed by atoms with van der Waals surface area (Å²) in [6, 6.07) is 8.91. The molecule has 0 aliphatic carbocycles. The average molecular weight is 291 g/mol. The predicted octanol–water partition coefficient (Wildman–Crippen LogP) is 3.50. The monoisotopic (exact) mass is 291 g/mol. The van der Waals surface area contributed by atoms with Gasteiger partial charge in [0.2, 0.25) is 0 Å². The van der Waals surface area contributed by atoms with E-state index < -0.39 is 17.7 Å². The van der Waals surface area contributed by atoms with Crippen LogP contribution in [0.25, 0.3) is 0 Å². The van der Waals surface area contributed by atoms with Gasteiger partial charge in [0.05, 0.1) is 7.11 Å². The molecule has 0 amide bonds. The van der Waals surface area contributed by atoms with Crippen LogP contribution in [-0.2, 0) is 0 Å². The maximum Gasteiger partial charge on any atom is 0.159 e. The van der Waals surface area contributed by atoms with Crippen molar-refractivity contribution < 1.29 is 18.3 Å². The van der Waals surface area contributed by atoms with E-state index in [0.29, 0.717) is 23.5 Å². The first-order valence-electron chi connectivity index (χ1n) is 6.63. The minimum absolute atomic E-state index is 0.248. The molecule has 0 aromatic heterocycles. The minimum Gasteiger partial charge on any atom is -0.497 e. The Bertz CT molecular complexity index is 675. The van der Waals surface area contributed by atoms with Crippen LogP contribution in [0.3, 0.4) is 0 Å². The van der Waals surface area contributed by atoms with Crippen molar-refractivity contribution >= 4 is 0 Å². The molecule has 2 atom stereocenters. The van der Waals surface area contributed by atoms with Gasteiger partial charge in [-0.15, -0.1) is 0 Å². The van der Waals surface area contributed by atoms with Gasteiger partial charge in [0.15, 0.2) is 11.6 Å². The Balaban J connectivity index is 1.92. The number of nitrogens with two attached hydrogens (primary N) is 1. The zero-order chi connectivity index (χ0) is 15.0. The van der Waals surface area contributed by atoms with Crippen molar-refractivity contribution in [3.8, 4) is 11.5 Å². The number of fused-ring (bicyclic) bond motifs is 1. The van der Waals surface area contributed by atoms with Crippen LogP contribution in [0.5, 0.6) is 11.5 Å². The van der Waals surface area contributed by atoms with Gasteiger partial charge >= 0.3 is 0 Å². The third kappa shape index (κ3) is 2.56. The molecule has 2 aromatic carbocycles. The van der Waals surface area contributed by atoms with Crippen LogP contribution < -0.4 is 15.2 Å². The maximum atomic E-state index is 13.3. The maximum absolute atomic E-state index is 13.3. The van der Waals surface area contributed by atoms with E-state index in [2.05, 4.69) is 0 Å². The second kappa shape index (κ2) is 5.33. The SMILES string of the molecule is COc1ccc2c(c1)C(N)CC(c1ccc(F)c(F)c1)O2. The third-order valence-electron chi connectivity index (χ3n) is 3.67. The molecular weight excluding hydrogens is 276 g/mol. The Morgan fingerprint density at radius 1 is 1.14 bits per heavy atom. The highest BCUT2D eigenvalue weighted by Crippen LogP contribution is 2.41. The zero-order valence-electron chi connectivity index (χ0n) is 11.5. The topological polar surface area (TPSA) is 44.5 Å². The lowest BCUT2D eigenvalue weighted by atomic mass is 9.93. The number of halogens is 2. The van der Waals surface area contributed by atoms with E-state index in [1.807, 2.05) is 6.07 Å². The molecule has 3 rings (SSSR count). The molecule has 0 saturated heterocycles. The quantitative estimate of drug-likeness (QED) is 0.921. The summed E-state index contributed by atoms with van der Waals surface area (Å²) in [6.07, 6.45) is 0.0987. The Morgan fingerprint density at radius 3 is 2.67 bits per heavy atom. The lowest BCUT2D eigenvalue weighted by molar-refractivity contribution is 0.160. The predicted molar refractivity (Wildman–Crippen MR) is 74.3 cm³/mol. The number of rotatable bonds is 2. The summed E-state index contributed by atoms with van der Waals surface area (Å²) < 4.78 is 37.4. The highest BCUT2D eigenvalue weighted by Gasteiger charge is 2.28. The van der Waals surface area contributed by atoms with Crippen LogP contribution in [0.1, 0.15) is 29.7 Å². The lowest BCUT2D eigenvalue weighted by Gasteiger charge is -2.30. The number of hydrogen-bond donors (Lipinski definition) is 1. The van der Waals surface area contributed by atoms with Crippen LogP contribution in [0, 0.1) is 11.6 Å². The van der Waals surface area contributed by atoms with E-state index in [0.717, 1.165) is 17.7 Å². The number of benzene rings is 2. The highest BCUT2D eigenvalue weighted by atomic mass is 19.2. The van der Waals surface area contributed by atoms with Crippen molar-refractivity contribution in [2.45, 2.75) is 18.6 Å². The van der Waals surface area contributed by atoms with Crippen LogP contribution >= 0.6 is 0 Å². The van der Waals surface area contributed by atoms with Gasteiger partial charge < -0.3 is 15.2 Å². The molecule has 0 fully saturated rings. The molecule has 0 saturated carbocycles. The van der Waals surface area contributed by atoms with Gasteiger partial charge in [0.25, 0.3) is 0 Å². The summed E-state index contributed by atoms with van der Waals surface area (Å²) in [6.45, 7) is 0. The van der Waals surface area contributed by atoms with Gasteiger partial charge in [-0.05, 0) is 35.9 Å². The summed E-state index contributed by atoms with van der Waals surface area (Å²) in [5.41, 5.74) is 7.59. The number of methoxy groups -OCH3 is 1. The van der Waals surface area contributed by atoms with E-state index >= 15 is 0 Å². The summed E-state index contributed by atoms with van der Waals surface area (Å²) >= 11 is 0. The van der Waals surface area contributed by atoms with E-state index in [9.17, 15) is 8.78 Å². The van der Waals surface area contributed by atoms with Crippen LogP contribution in [-0.4, -0.2) is 7.11 Å². The van der Waals surface area contributed by atoms with Crippen LogP contribution in [0.4, 0.5) is 8.78 Å². The molecule has 1 aliphatic rings. The first-order valence-corrected chi connectivity index (χ1v) is 6.63. The minimum atomic E-state index is -0.884. The summed E-state index contributed by atoms with van der Waals surface area (Å²) in [7, 11) is 1.58. The van der Waals surface area contributed by atoms with Crippen molar-refractivity contribution in [3.05, 3.63) is 59.2 Å². The van der Waals surface area contributed by atoms with E-state index in [-0.39, 0.29) is 6.04 Å². The Morgan fingerprint density at radius 2 is 1.95 bits per heavy atom. The van der Waals surface area contributed by atoms with E-state index in [4.69, 9.17) is 15.2 Å². The van der Waals surface area contributed by atoms with E-state index in [1.165, 1.54) is 6.07 Å². The molecule has 5 heteroatoms.